The van der Waals surface area contributed by atoms with Crippen molar-refractivity contribution >= 4 is 17.5 Å². The Hall–Kier alpha value is -1.84. The Morgan fingerprint density at radius 2 is 2.10 bits per heavy atom. The van der Waals surface area contributed by atoms with E-state index in [1.54, 1.807) is 4.90 Å². The van der Waals surface area contributed by atoms with Crippen LogP contribution in [-0.2, 0) is 9.59 Å². The average Bonchev–Trinajstić information content (AvgIpc) is 2.88. The van der Waals surface area contributed by atoms with Gasteiger partial charge in [0.25, 0.3) is 0 Å². The summed E-state index contributed by atoms with van der Waals surface area (Å²) in [4.78, 5) is 26.0. The summed E-state index contributed by atoms with van der Waals surface area (Å²) in [6.07, 6.45) is 1.33. The van der Waals surface area contributed by atoms with Crippen molar-refractivity contribution in [3.05, 3.63) is 29.8 Å². The maximum Gasteiger partial charge on any atom is 0.227 e. The van der Waals surface area contributed by atoms with Gasteiger partial charge >= 0.3 is 0 Å². The van der Waals surface area contributed by atoms with E-state index in [1.165, 1.54) is 5.56 Å². The number of nitrogens with zero attached hydrogens (tertiary/aromatic N) is 1. The molecule has 1 saturated heterocycles. The maximum atomic E-state index is 12.3. The van der Waals surface area contributed by atoms with Crippen molar-refractivity contribution in [3.8, 4) is 0 Å². The molecule has 1 N–H and O–H groups in total. The molecule has 0 radical (unpaired) electrons. The van der Waals surface area contributed by atoms with Crippen molar-refractivity contribution < 1.29 is 9.59 Å². The van der Waals surface area contributed by atoms with Crippen molar-refractivity contribution in [3.63, 3.8) is 0 Å². The third-order valence-electron chi connectivity index (χ3n) is 4.22. The normalized spacial score (nSPS) is 19.7. The lowest BCUT2D eigenvalue weighted by Gasteiger charge is -2.23. The standard InChI is InChI=1S/C17H24N2O2/c1-4-12(3)14-8-6-7-9-15(14)19-11-13(10-16(19)20)17(21)18-5-2/h6-9,12-13H,4-5,10-11H2,1-3H3,(H,18,21). The van der Waals surface area contributed by atoms with E-state index in [0.29, 0.717) is 25.4 Å². The van der Waals surface area contributed by atoms with E-state index >= 15 is 0 Å². The quantitative estimate of drug-likeness (QED) is 0.905. The summed E-state index contributed by atoms with van der Waals surface area (Å²) in [5.41, 5.74) is 2.15. The number of carbonyl (C=O) groups is 2. The number of para-hydroxylation sites is 1. The number of hydrogen-bond donors (Lipinski definition) is 1. The zero-order valence-corrected chi connectivity index (χ0v) is 13.1. The molecule has 1 aliphatic rings. The molecule has 1 fully saturated rings. The number of hydrogen-bond acceptors (Lipinski definition) is 2. The van der Waals surface area contributed by atoms with Gasteiger partial charge in [-0.1, -0.05) is 32.0 Å². The van der Waals surface area contributed by atoms with E-state index in [9.17, 15) is 9.59 Å². The highest BCUT2D eigenvalue weighted by Gasteiger charge is 2.35. The van der Waals surface area contributed by atoms with Gasteiger partial charge in [-0.05, 0) is 30.9 Å². The summed E-state index contributed by atoms with van der Waals surface area (Å²) in [5.74, 6) is 0.191. The van der Waals surface area contributed by atoms with Gasteiger partial charge in [-0.3, -0.25) is 9.59 Å². The minimum absolute atomic E-state index is 0.0191. The molecular formula is C17H24N2O2. The largest absolute Gasteiger partial charge is 0.356 e. The molecule has 4 heteroatoms. The Kier molecular flexibility index (Phi) is 4.99. The van der Waals surface area contributed by atoms with Gasteiger partial charge in [0.05, 0.1) is 5.92 Å². The summed E-state index contributed by atoms with van der Waals surface area (Å²) in [7, 11) is 0. The molecule has 2 atom stereocenters. The Labute approximate surface area is 126 Å². The fourth-order valence-electron chi connectivity index (χ4n) is 2.80. The Morgan fingerprint density at radius 1 is 1.38 bits per heavy atom. The summed E-state index contributed by atoms with van der Waals surface area (Å²) in [5, 5.41) is 2.81. The van der Waals surface area contributed by atoms with Crippen LogP contribution in [0.2, 0.25) is 0 Å². The van der Waals surface area contributed by atoms with Gasteiger partial charge in [0.1, 0.15) is 0 Å². The first-order chi connectivity index (χ1) is 10.1. The smallest absolute Gasteiger partial charge is 0.227 e. The van der Waals surface area contributed by atoms with Crippen molar-refractivity contribution in [2.24, 2.45) is 5.92 Å². The molecule has 2 rings (SSSR count). The summed E-state index contributed by atoms with van der Waals surface area (Å²) >= 11 is 0. The summed E-state index contributed by atoms with van der Waals surface area (Å²) in [6, 6.07) is 8.02. The van der Waals surface area contributed by atoms with Gasteiger partial charge in [0, 0.05) is 25.2 Å². The third kappa shape index (κ3) is 3.26. The zero-order valence-electron chi connectivity index (χ0n) is 13.1. The molecule has 2 amide bonds. The van der Waals surface area contributed by atoms with Crippen LogP contribution in [0.4, 0.5) is 5.69 Å². The minimum Gasteiger partial charge on any atom is -0.356 e. The number of amides is 2. The van der Waals surface area contributed by atoms with E-state index < -0.39 is 0 Å². The monoisotopic (exact) mass is 288 g/mol. The molecule has 114 valence electrons. The molecule has 1 aromatic carbocycles. The third-order valence-corrected chi connectivity index (χ3v) is 4.22. The molecule has 0 saturated carbocycles. The first-order valence-electron chi connectivity index (χ1n) is 7.75. The van der Waals surface area contributed by atoms with Crippen LogP contribution in [0.5, 0.6) is 0 Å². The molecule has 0 bridgehead atoms. The Balaban J connectivity index is 2.23. The average molecular weight is 288 g/mol. The van der Waals surface area contributed by atoms with Crippen LogP contribution in [0.25, 0.3) is 0 Å². The van der Waals surface area contributed by atoms with Crippen molar-refractivity contribution in [2.75, 3.05) is 18.0 Å². The summed E-state index contributed by atoms with van der Waals surface area (Å²) < 4.78 is 0. The number of rotatable bonds is 5. The van der Waals surface area contributed by atoms with Crippen LogP contribution in [0, 0.1) is 5.92 Å². The van der Waals surface area contributed by atoms with Crippen molar-refractivity contribution in [2.45, 2.75) is 39.5 Å². The SMILES string of the molecule is CCNC(=O)C1CC(=O)N(c2ccccc2C(C)CC)C1. The zero-order chi connectivity index (χ0) is 15.4. The fourth-order valence-corrected chi connectivity index (χ4v) is 2.80. The second-order valence-corrected chi connectivity index (χ2v) is 5.67. The van der Waals surface area contributed by atoms with Gasteiger partial charge in [-0.2, -0.15) is 0 Å². The van der Waals surface area contributed by atoms with Gasteiger partial charge in [-0.15, -0.1) is 0 Å². The van der Waals surface area contributed by atoms with Crippen LogP contribution in [0.3, 0.4) is 0 Å². The summed E-state index contributed by atoms with van der Waals surface area (Å²) in [6.45, 7) is 7.29. The van der Waals surface area contributed by atoms with E-state index in [-0.39, 0.29) is 17.7 Å². The number of benzene rings is 1. The Morgan fingerprint density at radius 3 is 2.76 bits per heavy atom. The first-order valence-corrected chi connectivity index (χ1v) is 7.75. The highest BCUT2D eigenvalue weighted by Crippen LogP contribution is 2.33. The van der Waals surface area contributed by atoms with Crippen LogP contribution in [0.1, 0.15) is 45.1 Å². The Bertz CT molecular complexity index is 527. The van der Waals surface area contributed by atoms with Crippen LogP contribution >= 0.6 is 0 Å². The predicted octanol–water partition coefficient (Wildman–Crippen LogP) is 2.69. The van der Waals surface area contributed by atoms with Crippen LogP contribution in [0.15, 0.2) is 24.3 Å². The van der Waals surface area contributed by atoms with E-state index in [1.807, 2.05) is 25.1 Å². The lowest BCUT2D eigenvalue weighted by Crippen LogP contribution is -2.33. The van der Waals surface area contributed by atoms with E-state index in [2.05, 4.69) is 25.2 Å². The van der Waals surface area contributed by atoms with Crippen LogP contribution in [-0.4, -0.2) is 24.9 Å². The molecule has 4 nitrogen and oxygen atoms in total. The topological polar surface area (TPSA) is 49.4 Å². The van der Waals surface area contributed by atoms with Gasteiger partial charge < -0.3 is 10.2 Å². The van der Waals surface area contributed by atoms with E-state index in [0.717, 1.165) is 12.1 Å². The lowest BCUT2D eigenvalue weighted by molar-refractivity contribution is -0.126. The maximum absolute atomic E-state index is 12.3. The van der Waals surface area contributed by atoms with Crippen molar-refractivity contribution in [1.82, 2.24) is 5.32 Å². The molecule has 1 heterocycles. The number of carbonyl (C=O) groups excluding carboxylic acids is 2. The van der Waals surface area contributed by atoms with Gasteiger partial charge in [-0.25, -0.2) is 0 Å². The van der Waals surface area contributed by atoms with Gasteiger partial charge in [0.2, 0.25) is 11.8 Å². The molecule has 2 unspecified atom stereocenters. The fraction of sp³-hybridized carbons (Fsp3) is 0.529. The predicted molar refractivity (Wildman–Crippen MR) is 84.3 cm³/mol. The number of nitrogens with one attached hydrogen (secondary N) is 1. The lowest BCUT2D eigenvalue weighted by atomic mass is 9.96. The van der Waals surface area contributed by atoms with Crippen molar-refractivity contribution in [1.29, 1.82) is 0 Å². The highest BCUT2D eigenvalue weighted by molar-refractivity contribution is 6.00. The van der Waals surface area contributed by atoms with E-state index in [4.69, 9.17) is 0 Å². The molecule has 0 spiro atoms. The molecule has 1 aliphatic heterocycles. The number of anilines is 1. The van der Waals surface area contributed by atoms with Crippen LogP contribution < -0.4 is 10.2 Å². The first kappa shape index (κ1) is 15.5. The highest BCUT2D eigenvalue weighted by atomic mass is 16.2. The second kappa shape index (κ2) is 6.74. The molecule has 0 aromatic heterocycles. The molecule has 0 aliphatic carbocycles. The minimum atomic E-state index is -0.234. The molecule has 21 heavy (non-hydrogen) atoms. The molecule has 1 aromatic rings. The molecular weight excluding hydrogens is 264 g/mol. The van der Waals surface area contributed by atoms with Gasteiger partial charge in [0.15, 0.2) is 0 Å². The second-order valence-electron chi connectivity index (χ2n) is 5.67.